The number of aryl methyl sites for hydroxylation is 1. The summed E-state index contributed by atoms with van der Waals surface area (Å²) in [6.07, 6.45) is 1.30. The van der Waals surface area contributed by atoms with Crippen molar-refractivity contribution in [3.8, 4) is 0 Å². The van der Waals surface area contributed by atoms with Gasteiger partial charge in [-0.25, -0.2) is 12.8 Å². The third kappa shape index (κ3) is 3.65. The average Bonchev–Trinajstić information content (AvgIpc) is 2.64. The molecule has 4 nitrogen and oxygen atoms in total. The van der Waals surface area contributed by atoms with Crippen molar-refractivity contribution in [2.45, 2.75) is 24.7 Å². The molecule has 0 bridgehead atoms. The highest BCUT2D eigenvalue weighted by Gasteiger charge is 2.33. The van der Waals surface area contributed by atoms with Crippen molar-refractivity contribution in [2.24, 2.45) is 5.92 Å². The first kappa shape index (κ1) is 17.8. The normalized spacial score (nSPS) is 18.9. The van der Waals surface area contributed by atoms with E-state index in [2.05, 4.69) is 0 Å². The molecule has 6 heteroatoms. The lowest BCUT2D eigenvalue weighted by Gasteiger charge is -2.31. The van der Waals surface area contributed by atoms with E-state index in [1.807, 2.05) is 6.07 Å². The molecule has 1 fully saturated rings. The van der Waals surface area contributed by atoms with Crippen LogP contribution in [-0.2, 0) is 10.0 Å². The van der Waals surface area contributed by atoms with Gasteiger partial charge in [-0.15, -0.1) is 0 Å². The smallest absolute Gasteiger partial charge is 0.243 e. The Morgan fingerprint density at radius 2 is 1.88 bits per heavy atom. The lowest BCUT2D eigenvalue weighted by atomic mass is 9.91. The van der Waals surface area contributed by atoms with Crippen LogP contribution in [0, 0.1) is 18.7 Å². The highest BCUT2D eigenvalue weighted by molar-refractivity contribution is 7.89. The first-order valence-electron chi connectivity index (χ1n) is 8.25. The van der Waals surface area contributed by atoms with Crippen LogP contribution >= 0.6 is 0 Å². The minimum atomic E-state index is -3.74. The summed E-state index contributed by atoms with van der Waals surface area (Å²) < 4.78 is 40.5. The zero-order chi connectivity index (χ0) is 18.0. The van der Waals surface area contributed by atoms with Gasteiger partial charge in [0.25, 0.3) is 0 Å². The molecule has 2 aromatic rings. The number of ketones is 1. The SMILES string of the molecule is Cc1cc(S(=O)(=O)N2CCCC(C(=O)c3ccccc3)C2)ccc1F. The number of rotatable bonds is 4. The zero-order valence-electron chi connectivity index (χ0n) is 14.0. The zero-order valence-corrected chi connectivity index (χ0v) is 14.8. The Hall–Kier alpha value is -2.05. The summed E-state index contributed by atoms with van der Waals surface area (Å²) in [6.45, 7) is 2.07. The lowest BCUT2D eigenvalue weighted by molar-refractivity contribution is 0.0872. The predicted molar refractivity (Wildman–Crippen MR) is 93.4 cm³/mol. The van der Waals surface area contributed by atoms with Crippen LogP contribution in [0.5, 0.6) is 0 Å². The molecule has 3 rings (SSSR count). The summed E-state index contributed by atoms with van der Waals surface area (Å²) >= 11 is 0. The molecule has 0 saturated carbocycles. The number of sulfonamides is 1. The van der Waals surface area contributed by atoms with Crippen LogP contribution in [0.15, 0.2) is 53.4 Å². The van der Waals surface area contributed by atoms with E-state index in [1.165, 1.54) is 29.4 Å². The van der Waals surface area contributed by atoms with Gasteiger partial charge in [-0.05, 0) is 43.5 Å². The maximum Gasteiger partial charge on any atom is 0.243 e. The summed E-state index contributed by atoms with van der Waals surface area (Å²) in [7, 11) is -3.74. The summed E-state index contributed by atoms with van der Waals surface area (Å²) in [5, 5.41) is 0. The number of carbonyl (C=O) groups excluding carboxylic acids is 1. The maximum atomic E-state index is 13.4. The number of hydrogen-bond donors (Lipinski definition) is 0. The Morgan fingerprint density at radius 1 is 1.16 bits per heavy atom. The first-order valence-corrected chi connectivity index (χ1v) is 9.69. The Kier molecular flexibility index (Phi) is 5.01. The highest BCUT2D eigenvalue weighted by Crippen LogP contribution is 2.26. The molecule has 0 radical (unpaired) electrons. The van der Waals surface area contributed by atoms with Crippen molar-refractivity contribution < 1.29 is 17.6 Å². The van der Waals surface area contributed by atoms with Gasteiger partial charge in [0.15, 0.2) is 5.78 Å². The summed E-state index contributed by atoms with van der Waals surface area (Å²) in [4.78, 5) is 12.7. The third-order valence-corrected chi connectivity index (χ3v) is 6.44. The van der Waals surface area contributed by atoms with E-state index in [0.717, 1.165) is 0 Å². The van der Waals surface area contributed by atoms with E-state index in [-0.39, 0.29) is 28.7 Å². The number of piperidine rings is 1. The van der Waals surface area contributed by atoms with Gasteiger partial charge in [0.1, 0.15) is 5.82 Å². The molecule has 1 heterocycles. The maximum absolute atomic E-state index is 13.4. The second kappa shape index (κ2) is 7.06. The van der Waals surface area contributed by atoms with Gasteiger partial charge in [-0.3, -0.25) is 4.79 Å². The standard InChI is InChI=1S/C19H20FNO3S/c1-14-12-17(9-10-18(14)20)25(23,24)21-11-5-8-16(13-21)19(22)15-6-3-2-4-7-15/h2-4,6-7,9-10,12,16H,5,8,11,13H2,1H3. The molecule has 25 heavy (non-hydrogen) atoms. The molecule has 0 spiro atoms. The number of benzene rings is 2. The van der Waals surface area contributed by atoms with Crippen molar-refractivity contribution in [1.29, 1.82) is 0 Å². The van der Waals surface area contributed by atoms with Crippen LogP contribution < -0.4 is 0 Å². The van der Waals surface area contributed by atoms with Crippen molar-refractivity contribution in [3.63, 3.8) is 0 Å². The Bertz CT molecular complexity index is 881. The van der Waals surface area contributed by atoms with Crippen LogP contribution in [0.2, 0.25) is 0 Å². The molecule has 132 valence electrons. The molecule has 1 unspecified atom stereocenters. The van der Waals surface area contributed by atoms with Crippen LogP contribution in [0.4, 0.5) is 4.39 Å². The van der Waals surface area contributed by atoms with Gasteiger partial charge >= 0.3 is 0 Å². The van der Waals surface area contributed by atoms with Crippen molar-refractivity contribution in [1.82, 2.24) is 4.31 Å². The highest BCUT2D eigenvalue weighted by atomic mass is 32.2. The van der Waals surface area contributed by atoms with Crippen LogP contribution in [-0.4, -0.2) is 31.6 Å². The number of hydrogen-bond acceptors (Lipinski definition) is 3. The van der Waals surface area contributed by atoms with E-state index >= 15 is 0 Å². The minimum Gasteiger partial charge on any atom is -0.294 e. The molecular weight excluding hydrogens is 341 g/mol. The summed E-state index contributed by atoms with van der Waals surface area (Å²) in [5.74, 6) is -0.821. The fourth-order valence-electron chi connectivity index (χ4n) is 3.14. The number of halogens is 1. The lowest BCUT2D eigenvalue weighted by Crippen LogP contribution is -2.42. The van der Waals surface area contributed by atoms with E-state index in [9.17, 15) is 17.6 Å². The van der Waals surface area contributed by atoms with Gasteiger partial charge in [0, 0.05) is 24.6 Å². The Balaban J connectivity index is 1.83. The van der Waals surface area contributed by atoms with Gasteiger partial charge in [0.05, 0.1) is 4.90 Å². The van der Waals surface area contributed by atoms with E-state index in [1.54, 1.807) is 24.3 Å². The number of Topliss-reactive ketones (excluding diaryl/α,β-unsaturated/α-hetero) is 1. The summed E-state index contributed by atoms with van der Waals surface area (Å²) in [6, 6.07) is 12.7. The van der Waals surface area contributed by atoms with Gasteiger partial charge < -0.3 is 0 Å². The molecule has 1 atom stereocenters. The fourth-order valence-corrected chi connectivity index (χ4v) is 4.75. The molecule has 1 aliphatic heterocycles. The molecule has 0 N–H and O–H groups in total. The van der Waals surface area contributed by atoms with Crippen molar-refractivity contribution in [3.05, 3.63) is 65.5 Å². The van der Waals surface area contributed by atoms with Crippen molar-refractivity contribution >= 4 is 15.8 Å². The second-order valence-corrected chi connectivity index (χ2v) is 8.28. The molecule has 0 aliphatic carbocycles. The largest absolute Gasteiger partial charge is 0.294 e. The second-order valence-electron chi connectivity index (χ2n) is 6.34. The monoisotopic (exact) mass is 361 g/mol. The topological polar surface area (TPSA) is 54.5 Å². The van der Waals surface area contributed by atoms with Crippen LogP contribution in [0.1, 0.15) is 28.8 Å². The fraction of sp³-hybridized carbons (Fsp3) is 0.316. The molecule has 1 saturated heterocycles. The van der Waals surface area contributed by atoms with Crippen molar-refractivity contribution in [2.75, 3.05) is 13.1 Å². The van der Waals surface area contributed by atoms with Gasteiger partial charge in [-0.1, -0.05) is 30.3 Å². The molecule has 0 aromatic heterocycles. The quantitative estimate of drug-likeness (QED) is 0.784. The van der Waals surface area contributed by atoms with E-state index in [4.69, 9.17) is 0 Å². The van der Waals surface area contributed by atoms with E-state index in [0.29, 0.717) is 24.9 Å². The van der Waals surface area contributed by atoms with Gasteiger partial charge in [0.2, 0.25) is 10.0 Å². The third-order valence-electron chi connectivity index (χ3n) is 4.58. The molecular formula is C19H20FNO3S. The number of nitrogens with zero attached hydrogens (tertiary/aromatic N) is 1. The molecule has 1 aliphatic rings. The molecule has 0 amide bonds. The predicted octanol–water partition coefficient (Wildman–Crippen LogP) is 3.42. The molecule has 2 aromatic carbocycles. The first-order chi connectivity index (χ1) is 11.9. The van der Waals surface area contributed by atoms with Gasteiger partial charge in [-0.2, -0.15) is 4.31 Å². The van der Waals surface area contributed by atoms with Crippen LogP contribution in [0.3, 0.4) is 0 Å². The van der Waals surface area contributed by atoms with Crippen LogP contribution in [0.25, 0.3) is 0 Å². The summed E-state index contributed by atoms with van der Waals surface area (Å²) in [5.41, 5.74) is 0.888. The Morgan fingerprint density at radius 3 is 2.56 bits per heavy atom. The number of carbonyl (C=O) groups is 1. The van der Waals surface area contributed by atoms with E-state index < -0.39 is 15.8 Å². The average molecular weight is 361 g/mol. The minimum absolute atomic E-state index is 0.0317. The Labute approximate surface area is 147 Å².